The average Bonchev–Trinajstić information content (AvgIpc) is 2.95. The number of ether oxygens (including phenoxy) is 2. The van der Waals surface area contributed by atoms with E-state index in [0.717, 1.165) is 22.7 Å². The second kappa shape index (κ2) is 5.54. The number of nitriles is 1. The molecule has 20 heavy (non-hydrogen) atoms. The number of benzene rings is 2. The van der Waals surface area contributed by atoms with E-state index in [4.69, 9.17) is 14.7 Å². The Hall–Kier alpha value is -2.67. The van der Waals surface area contributed by atoms with Crippen LogP contribution in [0, 0.1) is 11.3 Å². The lowest BCUT2D eigenvalue weighted by Crippen LogP contribution is -2.09. The zero-order valence-electron chi connectivity index (χ0n) is 10.9. The van der Waals surface area contributed by atoms with Crippen LogP contribution in [0.1, 0.15) is 18.0 Å². The molecule has 0 saturated carbocycles. The lowest BCUT2D eigenvalue weighted by Gasteiger charge is -2.17. The van der Waals surface area contributed by atoms with Crippen LogP contribution in [0.5, 0.6) is 11.5 Å². The van der Waals surface area contributed by atoms with E-state index >= 15 is 0 Å². The van der Waals surface area contributed by atoms with Crippen LogP contribution in [-0.2, 0) is 0 Å². The molecular formula is C16H14N2O2. The van der Waals surface area contributed by atoms with E-state index in [1.165, 1.54) is 0 Å². The smallest absolute Gasteiger partial charge is 0.231 e. The van der Waals surface area contributed by atoms with Crippen molar-refractivity contribution in [3.63, 3.8) is 0 Å². The highest BCUT2D eigenvalue weighted by Gasteiger charge is 2.15. The quantitative estimate of drug-likeness (QED) is 0.920. The second-order valence-corrected chi connectivity index (χ2v) is 4.54. The summed E-state index contributed by atoms with van der Waals surface area (Å²) in [4.78, 5) is 0. The Morgan fingerprint density at radius 3 is 2.70 bits per heavy atom. The first kappa shape index (κ1) is 12.4. The predicted octanol–water partition coefficient (Wildman–Crippen LogP) is 3.48. The molecule has 0 aromatic heterocycles. The van der Waals surface area contributed by atoms with Crippen LogP contribution in [0.4, 0.5) is 5.69 Å². The molecule has 1 N–H and O–H groups in total. The van der Waals surface area contributed by atoms with Gasteiger partial charge in [0, 0.05) is 11.8 Å². The monoisotopic (exact) mass is 266 g/mol. The SMILES string of the molecule is N#CCC(Nc1ccc2c(c1)OCO2)c1ccccc1. The number of anilines is 1. The molecule has 0 aliphatic carbocycles. The van der Waals surface area contributed by atoms with E-state index in [2.05, 4.69) is 11.4 Å². The first-order valence-corrected chi connectivity index (χ1v) is 6.45. The molecule has 0 spiro atoms. The summed E-state index contributed by atoms with van der Waals surface area (Å²) in [6.07, 6.45) is 0.401. The normalized spacial score (nSPS) is 13.6. The molecule has 0 radical (unpaired) electrons. The zero-order valence-corrected chi connectivity index (χ0v) is 10.9. The Morgan fingerprint density at radius 2 is 1.90 bits per heavy atom. The summed E-state index contributed by atoms with van der Waals surface area (Å²) in [5.41, 5.74) is 2.00. The van der Waals surface area contributed by atoms with Crippen LogP contribution in [0.2, 0.25) is 0 Å². The highest BCUT2D eigenvalue weighted by molar-refractivity contribution is 5.56. The fourth-order valence-electron chi connectivity index (χ4n) is 2.22. The van der Waals surface area contributed by atoms with Crippen molar-refractivity contribution in [2.45, 2.75) is 12.5 Å². The van der Waals surface area contributed by atoms with Gasteiger partial charge in [0.2, 0.25) is 6.79 Å². The molecule has 0 fully saturated rings. The van der Waals surface area contributed by atoms with E-state index in [9.17, 15) is 0 Å². The lowest BCUT2D eigenvalue weighted by molar-refractivity contribution is 0.174. The molecule has 0 amide bonds. The third kappa shape index (κ3) is 2.52. The van der Waals surface area contributed by atoms with Gasteiger partial charge in [-0.15, -0.1) is 0 Å². The maximum atomic E-state index is 9.00. The van der Waals surface area contributed by atoms with Crippen LogP contribution in [0.25, 0.3) is 0 Å². The summed E-state index contributed by atoms with van der Waals surface area (Å²) in [5, 5.41) is 12.4. The fraction of sp³-hybridized carbons (Fsp3) is 0.188. The molecule has 1 unspecified atom stereocenters. The van der Waals surface area contributed by atoms with Gasteiger partial charge in [-0.1, -0.05) is 30.3 Å². The largest absolute Gasteiger partial charge is 0.454 e. The van der Waals surface area contributed by atoms with E-state index in [-0.39, 0.29) is 12.8 Å². The average molecular weight is 266 g/mol. The molecule has 1 aliphatic rings. The van der Waals surface area contributed by atoms with E-state index in [1.54, 1.807) is 0 Å². The summed E-state index contributed by atoms with van der Waals surface area (Å²) in [6, 6.07) is 17.8. The van der Waals surface area contributed by atoms with Crippen molar-refractivity contribution in [3.8, 4) is 17.6 Å². The van der Waals surface area contributed by atoms with E-state index in [1.807, 2.05) is 48.5 Å². The highest BCUT2D eigenvalue weighted by atomic mass is 16.7. The summed E-state index contributed by atoms with van der Waals surface area (Å²) >= 11 is 0. The number of rotatable bonds is 4. The van der Waals surface area contributed by atoms with Gasteiger partial charge in [0.05, 0.1) is 18.5 Å². The van der Waals surface area contributed by atoms with Crippen molar-refractivity contribution >= 4 is 5.69 Å². The molecule has 1 atom stereocenters. The minimum Gasteiger partial charge on any atom is -0.454 e. The van der Waals surface area contributed by atoms with Crippen LogP contribution >= 0.6 is 0 Å². The van der Waals surface area contributed by atoms with Crippen LogP contribution < -0.4 is 14.8 Å². The fourth-order valence-corrected chi connectivity index (χ4v) is 2.22. The van der Waals surface area contributed by atoms with Gasteiger partial charge in [-0.3, -0.25) is 0 Å². The topological polar surface area (TPSA) is 54.3 Å². The van der Waals surface area contributed by atoms with Crippen molar-refractivity contribution in [3.05, 3.63) is 54.1 Å². The van der Waals surface area contributed by atoms with Gasteiger partial charge in [0.1, 0.15) is 0 Å². The van der Waals surface area contributed by atoms with Gasteiger partial charge < -0.3 is 14.8 Å². The van der Waals surface area contributed by atoms with E-state index in [0.29, 0.717) is 6.42 Å². The van der Waals surface area contributed by atoms with Crippen molar-refractivity contribution in [2.75, 3.05) is 12.1 Å². The van der Waals surface area contributed by atoms with Crippen LogP contribution in [0.3, 0.4) is 0 Å². The predicted molar refractivity (Wildman–Crippen MR) is 75.6 cm³/mol. The summed E-state index contributed by atoms with van der Waals surface area (Å²) in [7, 11) is 0. The third-order valence-corrected chi connectivity index (χ3v) is 3.21. The Morgan fingerprint density at radius 1 is 1.10 bits per heavy atom. The second-order valence-electron chi connectivity index (χ2n) is 4.54. The van der Waals surface area contributed by atoms with Crippen LogP contribution in [-0.4, -0.2) is 6.79 Å². The van der Waals surface area contributed by atoms with Crippen molar-refractivity contribution in [1.82, 2.24) is 0 Å². The summed E-state index contributed by atoms with van der Waals surface area (Å²) in [6.45, 7) is 0.263. The Balaban J connectivity index is 1.82. The lowest BCUT2D eigenvalue weighted by atomic mass is 10.0. The molecule has 2 aromatic rings. The zero-order chi connectivity index (χ0) is 13.8. The maximum absolute atomic E-state index is 9.00. The number of hydrogen-bond acceptors (Lipinski definition) is 4. The Labute approximate surface area is 117 Å². The standard InChI is InChI=1S/C16H14N2O2/c17-9-8-14(12-4-2-1-3-5-12)18-13-6-7-15-16(10-13)20-11-19-15/h1-7,10,14,18H,8,11H2. The first-order valence-electron chi connectivity index (χ1n) is 6.45. The molecule has 1 aliphatic heterocycles. The van der Waals surface area contributed by atoms with Gasteiger partial charge in [0.15, 0.2) is 11.5 Å². The van der Waals surface area contributed by atoms with Crippen molar-refractivity contribution < 1.29 is 9.47 Å². The number of nitrogens with zero attached hydrogens (tertiary/aromatic N) is 1. The number of nitrogens with one attached hydrogen (secondary N) is 1. The van der Waals surface area contributed by atoms with Crippen LogP contribution in [0.15, 0.2) is 48.5 Å². The molecule has 0 bridgehead atoms. The molecular weight excluding hydrogens is 252 g/mol. The Bertz CT molecular complexity index is 635. The highest BCUT2D eigenvalue weighted by Crippen LogP contribution is 2.35. The third-order valence-electron chi connectivity index (χ3n) is 3.21. The molecule has 0 saturated heterocycles. The molecule has 4 nitrogen and oxygen atoms in total. The molecule has 2 aromatic carbocycles. The molecule has 4 heteroatoms. The first-order chi connectivity index (χ1) is 9.86. The minimum atomic E-state index is -0.0402. The summed E-state index contributed by atoms with van der Waals surface area (Å²) < 4.78 is 10.6. The van der Waals surface area contributed by atoms with Gasteiger partial charge in [-0.2, -0.15) is 5.26 Å². The molecule has 1 heterocycles. The van der Waals surface area contributed by atoms with Gasteiger partial charge in [-0.05, 0) is 17.7 Å². The van der Waals surface area contributed by atoms with Crippen molar-refractivity contribution in [2.24, 2.45) is 0 Å². The maximum Gasteiger partial charge on any atom is 0.231 e. The molecule has 3 rings (SSSR count). The van der Waals surface area contributed by atoms with Crippen molar-refractivity contribution in [1.29, 1.82) is 5.26 Å². The molecule has 100 valence electrons. The number of hydrogen-bond donors (Lipinski definition) is 1. The van der Waals surface area contributed by atoms with Gasteiger partial charge >= 0.3 is 0 Å². The number of fused-ring (bicyclic) bond motifs is 1. The van der Waals surface area contributed by atoms with E-state index < -0.39 is 0 Å². The van der Waals surface area contributed by atoms with Gasteiger partial charge in [-0.25, -0.2) is 0 Å². The summed E-state index contributed by atoms with van der Waals surface area (Å²) in [5.74, 6) is 1.49. The minimum absolute atomic E-state index is 0.0402. The van der Waals surface area contributed by atoms with Gasteiger partial charge in [0.25, 0.3) is 0 Å². The Kier molecular flexibility index (Phi) is 3.42.